The lowest BCUT2D eigenvalue weighted by molar-refractivity contribution is -0.123. The molecule has 4 heterocycles. The number of anilines is 1. The number of pyridine rings is 1. The first-order valence-corrected chi connectivity index (χ1v) is 12.0. The zero-order valence-corrected chi connectivity index (χ0v) is 19.1. The number of alkyl halides is 3. The van der Waals surface area contributed by atoms with Gasteiger partial charge in [-0.05, 0) is 43.9 Å². The summed E-state index contributed by atoms with van der Waals surface area (Å²) in [6, 6.07) is 3.00. The van der Waals surface area contributed by atoms with Crippen LogP contribution in [0.2, 0.25) is 0 Å². The van der Waals surface area contributed by atoms with Crippen LogP contribution in [0.25, 0.3) is 0 Å². The predicted molar refractivity (Wildman–Crippen MR) is 123 cm³/mol. The first-order valence-electron chi connectivity index (χ1n) is 12.0. The van der Waals surface area contributed by atoms with Crippen molar-refractivity contribution in [1.82, 2.24) is 10.3 Å². The number of rotatable bonds is 5. The number of fused-ring (bicyclic) bond motifs is 1. The predicted octanol–water partition coefficient (Wildman–Crippen LogP) is 4.11. The summed E-state index contributed by atoms with van der Waals surface area (Å²) in [6.07, 6.45) is 6.05. The van der Waals surface area contributed by atoms with Gasteiger partial charge >= 0.3 is 6.18 Å². The molecule has 34 heavy (non-hydrogen) atoms. The fraction of sp³-hybridized carbons (Fsp3) is 0.560. The van der Waals surface area contributed by atoms with E-state index in [0.717, 1.165) is 56.2 Å². The summed E-state index contributed by atoms with van der Waals surface area (Å²) < 4.78 is 45.3. The lowest BCUT2D eigenvalue weighted by atomic mass is 9.88. The van der Waals surface area contributed by atoms with Crippen LogP contribution in [0, 0.1) is 0 Å². The number of carbonyl (C=O) groups is 1. The van der Waals surface area contributed by atoms with E-state index in [4.69, 9.17) is 4.74 Å². The van der Waals surface area contributed by atoms with E-state index in [2.05, 4.69) is 20.2 Å². The quantitative estimate of drug-likeness (QED) is 0.696. The average molecular weight is 475 g/mol. The molecule has 1 aromatic rings. The Balaban J connectivity index is 1.18. The van der Waals surface area contributed by atoms with E-state index in [1.165, 1.54) is 12.2 Å². The Labute approximate surface area is 197 Å². The highest BCUT2D eigenvalue weighted by atomic mass is 19.4. The number of hydrogen-bond acceptors (Lipinski definition) is 6. The molecule has 0 saturated carbocycles. The van der Waals surface area contributed by atoms with E-state index in [1.807, 2.05) is 19.1 Å². The number of piperidine rings is 1. The number of nitrogens with one attached hydrogen (secondary N) is 1. The number of Topliss-reactive ketones (excluding diaryl/α,β-unsaturated/α-hetero) is 1. The van der Waals surface area contributed by atoms with Crippen molar-refractivity contribution in [2.75, 3.05) is 18.0 Å². The highest BCUT2D eigenvalue weighted by molar-refractivity contribution is 6.00. The van der Waals surface area contributed by atoms with Gasteiger partial charge in [-0.3, -0.25) is 9.79 Å². The van der Waals surface area contributed by atoms with E-state index < -0.39 is 17.8 Å². The van der Waals surface area contributed by atoms with Crippen LogP contribution in [0.4, 0.5) is 19.0 Å². The molecule has 5 rings (SSSR count). The summed E-state index contributed by atoms with van der Waals surface area (Å²) in [5.74, 6) is 1.68. The second-order valence-corrected chi connectivity index (χ2v) is 9.57. The molecule has 3 aliphatic heterocycles. The van der Waals surface area contributed by atoms with Crippen molar-refractivity contribution in [3.8, 4) is 0 Å². The highest BCUT2D eigenvalue weighted by Crippen LogP contribution is 2.40. The molecule has 6 nitrogen and oxygen atoms in total. The second kappa shape index (κ2) is 8.83. The third kappa shape index (κ3) is 4.62. The summed E-state index contributed by atoms with van der Waals surface area (Å²) in [5, 5.41) is 3.09. The van der Waals surface area contributed by atoms with E-state index in [0.29, 0.717) is 18.7 Å². The fourth-order valence-electron chi connectivity index (χ4n) is 5.27. The Hall–Kier alpha value is -2.68. The van der Waals surface area contributed by atoms with Gasteiger partial charge in [0, 0.05) is 37.7 Å². The number of aliphatic imine (C=N–C) groups is 1. The molecule has 3 unspecified atom stereocenters. The van der Waals surface area contributed by atoms with Crippen molar-refractivity contribution in [3.05, 3.63) is 47.7 Å². The Morgan fingerprint density at radius 1 is 1.26 bits per heavy atom. The summed E-state index contributed by atoms with van der Waals surface area (Å²) in [7, 11) is 0. The molecular weight excluding hydrogens is 445 g/mol. The van der Waals surface area contributed by atoms with E-state index in [1.54, 1.807) is 6.20 Å². The first kappa shape index (κ1) is 23.1. The summed E-state index contributed by atoms with van der Waals surface area (Å²) in [5.41, 5.74) is -0.0161. The molecule has 2 fully saturated rings. The smallest absolute Gasteiger partial charge is 0.371 e. The van der Waals surface area contributed by atoms with Crippen LogP contribution >= 0.6 is 0 Å². The minimum absolute atomic E-state index is 0.0525. The topological polar surface area (TPSA) is 66.8 Å². The number of nitrogens with zero attached hydrogens (tertiary/aromatic N) is 3. The highest BCUT2D eigenvalue weighted by Gasteiger charge is 2.43. The van der Waals surface area contributed by atoms with Crippen molar-refractivity contribution >= 4 is 17.4 Å². The van der Waals surface area contributed by atoms with Gasteiger partial charge in [-0.25, -0.2) is 4.98 Å². The molecule has 1 aliphatic carbocycles. The van der Waals surface area contributed by atoms with Crippen LogP contribution in [0.1, 0.15) is 51.0 Å². The summed E-state index contributed by atoms with van der Waals surface area (Å²) >= 11 is 0. The molecule has 0 aromatic carbocycles. The van der Waals surface area contributed by atoms with Crippen molar-refractivity contribution < 1.29 is 22.7 Å². The first-order chi connectivity index (χ1) is 16.2. The number of halogens is 3. The van der Waals surface area contributed by atoms with Crippen LogP contribution in [0.15, 0.2) is 47.1 Å². The van der Waals surface area contributed by atoms with Gasteiger partial charge in [-0.15, -0.1) is 0 Å². The summed E-state index contributed by atoms with van der Waals surface area (Å²) in [4.78, 5) is 23.1. The third-order valence-corrected chi connectivity index (χ3v) is 7.32. The van der Waals surface area contributed by atoms with Crippen LogP contribution < -0.4 is 10.2 Å². The average Bonchev–Trinajstić information content (AvgIpc) is 3.43. The normalized spacial score (nSPS) is 27.9. The molecule has 0 radical (unpaired) electrons. The maximum Gasteiger partial charge on any atom is 0.416 e. The SMILES string of the molecule is CCC(=O)CC1CCC2(CCN(c3ccc(C4=NC5C=CC(C(F)(F)F)=CC5N4)cn3)CC2)O1. The van der Waals surface area contributed by atoms with Crippen molar-refractivity contribution in [3.63, 3.8) is 0 Å². The number of ketones is 1. The molecule has 9 heteroatoms. The van der Waals surface area contributed by atoms with Crippen LogP contribution in [0.3, 0.4) is 0 Å². The third-order valence-electron chi connectivity index (χ3n) is 7.32. The molecule has 0 bridgehead atoms. The van der Waals surface area contributed by atoms with Crippen LogP contribution in [-0.2, 0) is 9.53 Å². The largest absolute Gasteiger partial charge is 0.416 e. The second-order valence-electron chi connectivity index (χ2n) is 9.57. The summed E-state index contributed by atoms with van der Waals surface area (Å²) in [6.45, 7) is 3.56. The Morgan fingerprint density at radius 2 is 2.06 bits per heavy atom. The molecule has 182 valence electrons. The van der Waals surface area contributed by atoms with E-state index in [-0.39, 0.29) is 23.5 Å². The zero-order chi connectivity index (χ0) is 23.9. The molecule has 1 aromatic heterocycles. The lowest BCUT2D eigenvalue weighted by Gasteiger charge is -2.39. The molecule has 0 amide bonds. The van der Waals surface area contributed by atoms with Crippen molar-refractivity contribution in [2.45, 2.75) is 75.4 Å². The minimum Gasteiger partial charge on any atom is -0.371 e. The molecule has 3 atom stereocenters. The number of carbonyl (C=O) groups excluding carboxylic acids is 1. The lowest BCUT2D eigenvalue weighted by Crippen LogP contribution is -2.45. The van der Waals surface area contributed by atoms with Gasteiger partial charge in [-0.1, -0.05) is 19.1 Å². The molecule has 1 N–H and O–H groups in total. The Kier molecular flexibility index (Phi) is 6.00. The van der Waals surface area contributed by atoms with Gasteiger partial charge in [-0.2, -0.15) is 13.2 Å². The van der Waals surface area contributed by atoms with Crippen molar-refractivity contribution in [2.24, 2.45) is 4.99 Å². The standard InChI is InChI=1S/C25H29F3N4O2/c1-2-18(33)14-19-7-8-24(34-19)9-11-32(12-10-24)22-6-3-16(15-29-22)23-30-20-5-4-17(25(26,27)28)13-21(20)31-23/h3-6,13,15,19-21H,2,7-12,14H2,1H3,(H,30,31). The molecule has 4 aliphatic rings. The Bertz CT molecular complexity index is 1020. The zero-order valence-electron chi connectivity index (χ0n) is 19.1. The number of ether oxygens (including phenoxy) is 1. The maximum atomic E-state index is 13.0. The number of amidine groups is 1. The number of hydrogen-bond donors (Lipinski definition) is 1. The van der Waals surface area contributed by atoms with Gasteiger partial charge in [0.2, 0.25) is 0 Å². The maximum absolute atomic E-state index is 13.0. The Morgan fingerprint density at radius 3 is 2.74 bits per heavy atom. The van der Waals surface area contributed by atoms with Gasteiger partial charge < -0.3 is 15.0 Å². The van der Waals surface area contributed by atoms with Crippen LogP contribution in [0.5, 0.6) is 0 Å². The molecule has 1 spiro atoms. The fourth-order valence-corrected chi connectivity index (χ4v) is 5.27. The van der Waals surface area contributed by atoms with Gasteiger partial charge in [0.15, 0.2) is 0 Å². The number of allylic oxidation sites excluding steroid dienone is 2. The van der Waals surface area contributed by atoms with E-state index in [9.17, 15) is 18.0 Å². The van der Waals surface area contributed by atoms with Crippen LogP contribution in [-0.4, -0.2) is 59.7 Å². The minimum atomic E-state index is -4.36. The van der Waals surface area contributed by atoms with E-state index >= 15 is 0 Å². The van der Waals surface area contributed by atoms with Gasteiger partial charge in [0.25, 0.3) is 0 Å². The number of aromatic nitrogens is 1. The van der Waals surface area contributed by atoms with Crippen molar-refractivity contribution in [1.29, 1.82) is 0 Å². The molecular formula is C25H29F3N4O2. The van der Waals surface area contributed by atoms with Gasteiger partial charge in [0.05, 0.1) is 29.4 Å². The monoisotopic (exact) mass is 474 g/mol. The van der Waals surface area contributed by atoms with Gasteiger partial charge in [0.1, 0.15) is 17.4 Å². The molecule has 2 saturated heterocycles.